The Morgan fingerprint density at radius 2 is 2.29 bits per heavy atom. The highest BCUT2D eigenvalue weighted by molar-refractivity contribution is 7.17. The van der Waals surface area contributed by atoms with E-state index in [4.69, 9.17) is 5.11 Å². The second kappa shape index (κ2) is 3.38. The van der Waals surface area contributed by atoms with E-state index in [0.29, 0.717) is 5.56 Å². The molecule has 72 valence electrons. The van der Waals surface area contributed by atoms with Gasteiger partial charge in [0.25, 0.3) is 0 Å². The zero-order valence-electron chi connectivity index (χ0n) is 7.16. The summed E-state index contributed by atoms with van der Waals surface area (Å²) in [5.74, 6) is -0.956. The standard InChI is InChI=1S/C10H7FO2S/c11-4-7-5-14-9-3-6(10(12)13)1-2-8(7)9/h1-3,5H,4H2,(H,12,13). The van der Waals surface area contributed by atoms with Crippen LogP contribution in [0, 0.1) is 0 Å². The van der Waals surface area contributed by atoms with Crippen LogP contribution in [-0.2, 0) is 6.67 Å². The van der Waals surface area contributed by atoms with Gasteiger partial charge >= 0.3 is 5.97 Å². The number of carbonyl (C=O) groups is 1. The van der Waals surface area contributed by atoms with Crippen LogP contribution in [0.3, 0.4) is 0 Å². The lowest BCUT2D eigenvalue weighted by atomic mass is 10.1. The number of benzene rings is 1. The molecule has 0 aliphatic rings. The third-order valence-corrected chi connectivity index (χ3v) is 3.04. The largest absolute Gasteiger partial charge is 0.478 e. The van der Waals surface area contributed by atoms with Crippen molar-refractivity contribution < 1.29 is 14.3 Å². The molecule has 0 radical (unpaired) electrons. The van der Waals surface area contributed by atoms with E-state index in [0.717, 1.165) is 10.1 Å². The summed E-state index contributed by atoms with van der Waals surface area (Å²) in [5.41, 5.74) is 0.867. The van der Waals surface area contributed by atoms with Gasteiger partial charge in [-0.2, -0.15) is 0 Å². The van der Waals surface area contributed by atoms with Crippen molar-refractivity contribution in [3.63, 3.8) is 0 Å². The molecule has 2 aromatic rings. The number of aromatic carboxylic acids is 1. The van der Waals surface area contributed by atoms with Gasteiger partial charge in [0.2, 0.25) is 0 Å². The summed E-state index contributed by atoms with van der Waals surface area (Å²) in [6.45, 7) is -0.508. The molecule has 2 nitrogen and oxygen atoms in total. The molecule has 1 aromatic carbocycles. The molecular formula is C10H7FO2S. The number of thiophene rings is 1. The van der Waals surface area contributed by atoms with E-state index >= 15 is 0 Å². The van der Waals surface area contributed by atoms with Crippen LogP contribution in [0.2, 0.25) is 0 Å². The molecule has 0 bridgehead atoms. The summed E-state index contributed by atoms with van der Waals surface area (Å²) in [6.07, 6.45) is 0. The predicted octanol–water partition coefficient (Wildman–Crippen LogP) is 3.07. The molecule has 0 saturated carbocycles. The van der Waals surface area contributed by atoms with Crippen molar-refractivity contribution in [3.8, 4) is 0 Å². The summed E-state index contributed by atoms with van der Waals surface area (Å²) in [5, 5.41) is 11.3. The van der Waals surface area contributed by atoms with Crippen LogP contribution < -0.4 is 0 Å². The summed E-state index contributed by atoms with van der Waals surface area (Å²) < 4.78 is 13.3. The van der Waals surface area contributed by atoms with E-state index in [-0.39, 0.29) is 5.56 Å². The second-order valence-corrected chi connectivity index (χ2v) is 3.82. The van der Waals surface area contributed by atoms with Gasteiger partial charge in [-0.1, -0.05) is 6.07 Å². The normalized spacial score (nSPS) is 10.6. The number of rotatable bonds is 2. The van der Waals surface area contributed by atoms with E-state index in [1.165, 1.54) is 17.4 Å². The Labute approximate surface area is 83.6 Å². The van der Waals surface area contributed by atoms with Crippen LogP contribution in [-0.4, -0.2) is 11.1 Å². The molecule has 1 aromatic heterocycles. The highest BCUT2D eigenvalue weighted by Gasteiger charge is 2.07. The van der Waals surface area contributed by atoms with Crippen molar-refractivity contribution in [2.45, 2.75) is 6.67 Å². The molecular weight excluding hydrogens is 203 g/mol. The van der Waals surface area contributed by atoms with Crippen molar-refractivity contribution >= 4 is 27.4 Å². The summed E-state index contributed by atoms with van der Waals surface area (Å²) in [4.78, 5) is 10.7. The first-order valence-electron chi connectivity index (χ1n) is 4.02. The molecule has 0 fully saturated rings. The molecule has 1 N–H and O–H groups in total. The van der Waals surface area contributed by atoms with Crippen LogP contribution in [0.5, 0.6) is 0 Å². The zero-order valence-corrected chi connectivity index (χ0v) is 7.97. The Hall–Kier alpha value is -1.42. The van der Waals surface area contributed by atoms with Gasteiger partial charge in [-0.05, 0) is 22.9 Å². The number of alkyl halides is 1. The highest BCUT2D eigenvalue weighted by Crippen LogP contribution is 2.27. The maximum atomic E-state index is 12.4. The summed E-state index contributed by atoms with van der Waals surface area (Å²) >= 11 is 1.37. The van der Waals surface area contributed by atoms with Gasteiger partial charge in [0.1, 0.15) is 6.67 Å². The van der Waals surface area contributed by atoms with Gasteiger partial charge in [-0.15, -0.1) is 11.3 Å². The number of carboxylic acids is 1. The lowest BCUT2D eigenvalue weighted by molar-refractivity contribution is 0.0697. The smallest absolute Gasteiger partial charge is 0.335 e. The average Bonchev–Trinajstić information content (AvgIpc) is 2.59. The van der Waals surface area contributed by atoms with Crippen molar-refractivity contribution in [1.82, 2.24) is 0 Å². The Balaban J connectivity index is 2.63. The molecule has 0 saturated heterocycles. The van der Waals surface area contributed by atoms with Crippen molar-refractivity contribution in [2.75, 3.05) is 0 Å². The number of halogens is 1. The van der Waals surface area contributed by atoms with E-state index in [2.05, 4.69) is 0 Å². The van der Waals surface area contributed by atoms with Crippen LogP contribution in [0.4, 0.5) is 4.39 Å². The second-order valence-electron chi connectivity index (χ2n) is 2.91. The van der Waals surface area contributed by atoms with E-state index in [9.17, 15) is 9.18 Å². The van der Waals surface area contributed by atoms with E-state index in [1.54, 1.807) is 17.5 Å². The first kappa shape index (κ1) is 9.15. The molecule has 1 heterocycles. The van der Waals surface area contributed by atoms with Crippen LogP contribution in [0.15, 0.2) is 23.6 Å². The van der Waals surface area contributed by atoms with Crippen molar-refractivity contribution in [3.05, 3.63) is 34.7 Å². The molecule has 2 rings (SSSR count). The minimum atomic E-state index is -0.956. The molecule has 0 amide bonds. The molecule has 0 aliphatic carbocycles. The Kier molecular flexibility index (Phi) is 2.21. The SMILES string of the molecule is O=C(O)c1ccc2c(CF)csc2c1. The Morgan fingerprint density at radius 3 is 2.93 bits per heavy atom. The topological polar surface area (TPSA) is 37.3 Å². The predicted molar refractivity (Wildman–Crippen MR) is 53.6 cm³/mol. The summed E-state index contributed by atoms with van der Waals surface area (Å²) in [6, 6.07) is 4.72. The number of fused-ring (bicyclic) bond motifs is 1. The van der Waals surface area contributed by atoms with Crippen LogP contribution in [0.1, 0.15) is 15.9 Å². The van der Waals surface area contributed by atoms with E-state index in [1.807, 2.05) is 0 Å². The van der Waals surface area contributed by atoms with Gasteiger partial charge in [-0.3, -0.25) is 0 Å². The fourth-order valence-corrected chi connectivity index (χ4v) is 2.30. The minimum absolute atomic E-state index is 0.241. The third kappa shape index (κ3) is 1.37. The van der Waals surface area contributed by atoms with Gasteiger partial charge in [0.05, 0.1) is 5.56 Å². The molecule has 0 spiro atoms. The van der Waals surface area contributed by atoms with Crippen LogP contribution in [0.25, 0.3) is 10.1 Å². The van der Waals surface area contributed by atoms with Crippen LogP contribution >= 0.6 is 11.3 Å². The maximum Gasteiger partial charge on any atom is 0.335 e. The molecule has 0 unspecified atom stereocenters. The molecule has 0 atom stereocenters. The monoisotopic (exact) mass is 210 g/mol. The quantitative estimate of drug-likeness (QED) is 0.827. The molecule has 14 heavy (non-hydrogen) atoms. The van der Waals surface area contributed by atoms with Gasteiger partial charge < -0.3 is 5.11 Å². The van der Waals surface area contributed by atoms with Gasteiger partial charge in [-0.25, -0.2) is 9.18 Å². The molecule has 4 heteroatoms. The van der Waals surface area contributed by atoms with E-state index < -0.39 is 12.6 Å². The first-order valence-corrected chi connectivity index (χ1v) is 4.89. The van der Waals surface area contributed by atoms with Gasteiger partial charge in [0.15, 0.2) is 0 Å². The highest BCUT2D eigenvalue weighted by atomic mass is 32.1. The minimum Gasteiger partial charge on any atom is -0.478 e. The van der Waals surface area contributed by atoms with Crippen molar-refractivity contribution in [2.24, 2.45) is 0 Å². The first-order chi connectivity index (χ1) is 6.72. The fourth-order valence-electron chi connectivity index (χ4n) is 1.32. The third-order valence-electron chi connectivity index (χ3n) is 2.05. The van der Waals surface area contributed by atoms with Crippen molar-refractivity contribution in [1.29, 1.82) is 0 Å². The molecule has 0 aliphatic heterocycles. The fraction of sp³-hybridized carbons (Fsp3) is 0.100. The zero-order chi connectivity index (χ0) is 10.1. The Bertz CT molecular complexity index is 490. The summed E-state index contributed by atoms with van der Waals surface area (Å²) in [7, 11) is 0. The maximum absolute atomic E-state index is 12.4. The number of carboxylic acid groups (broad SMARTS) is 1. The lowest BCUT2D eigenvalue weighted by Crippen LogP contribution is -1.94. The number of hydrogen-bond donors (Lipinski definition) is 1. The van der Waals surface area contributed by atoms with Gasteiger partial charge in [0, 0.05) is 10.3 Å². The Morgan fingerprint density at radius 1 is 1.50 bits per heavy atom. The lowest BCUT2D eigenvalue weighted by Gasteiger charge is -1.95. The number of hydrogen-bond acceptors (Lipinski definition) is 2. The average molecular weight is 210 g/mol.